The van der Waals surface area contributed by atoms with E-state index in [0.717, 1.165) is 12.8 Å². The highest BCUT2D eigenvalue weighted by Crippen LogP contribution is 2.41. The standard InChI is InChI=1S/C15H30O2/c1-9-15(10-2,12(5)14(6,7)8)17-13(16)11(3)4/h11-12H,9-10H2,1-8H3. The molecule has 0 aromatic rings. The van der Waals surface area contributed by atoms with Crippen LogP contribution in [0.25, 0.3) is 0 Å². The van der Waals surface area contributed by atoms with Gasteiger partial charge >= 0.3 is 5.97 Å². The average Bonchev–Trinajstić information content (AvgIpc) is 2.23. The number of hydrogen-bond acceptors (Lipinski definition) is 2. The highest BCUT2D eigenvalue weighted by atomic mass is 16.6. The van der Waals surface area contributed by atoms with E-state index < -0.39 is 0 Å². The van der Waals surface area contributed by atoms with E-state index in [0.29, 0.717) is 5.92 Å². The lowest BCUT2D eigenvalue weighted by Crippen LogP contribution is -2.46. The number of carbonyl (C=O) groups is 1. The van der Waals surface area contributed by atoms with Crippen LogP contribution in [0.2, 0.25) is 0 Å². The van der Waals surface area contributed by atoms with Crippen molar-refractivity contribution in [2.75, 3.05) is 0 Å². The van der Waals surface area contributed by atoms with Crippen molar-refractivity contribution >= 4 is 5.97 Å². The lowest BCUT2D eigenvalue weighted by Gasteiger charge is -2.44. The molecule has 0 rings (SSSR count). The van der Waals surface area contributed by atoms with E-state index in [2.05, 4.69) is 41.5 Å². The number of ether oxygens (including phenoxy) is 1. The third kappa shape index (κ3) is 4.01. The fourth-order valence-corrected chi connectivity index (χ4v) is 2.20. The molecule has 0 bridgehead atoms. The Morgan fingerprint density at radius 3 is 1.71 bits per heavy atom. The van der Waals surface area contributed by atoms with Gasteiger partial charge in [-0.1, -0.05) is 55.4 Å². The third-order valence-corrected chi connectivity index (χ3v) is 4.06. The van der Waals surface area contributed by atoms with Crippen molar-refractivity contribution in [3.05, 3.63) is 0 Å². The molecule has 1 atom stereocenters. The van der Waals surface area contributed by atoms with Gasteiger partial charge < -0.3 is 4.74 Å². The monoisotopic (exact) mass is 242 g/mol. The van der Waals surface area contributed by atoms with Crippen LogP contribution in [0.1, 0.15) is 68.2 Å². The lowest BCUT2D eigenvalue weighted by molar-refractivity contribution is -0.176. The molecule has 102 valence electrons. The molecule has 0 saturated carbocycles. The molecule has 17 heavy (non-hydrogen) atoms. The molecule has 0 aliphatic carbocycles. The minimum Gasteiger partial charge on any atom is -0.459 e. The van der Waals surface area contributed by atoms with E-state index in [-0.39, 0.29) is 22.9 Å². The lowest BCUT2D eigenvalue weighted by atomic mass is 9.69. The Balaban J connectivity index is 5.10. The van der Waals surface area contributed by atoms with Crippen molar-refractivity contribution in [1.29, 1.82) is 0 Å². The zero-order chi connectivity index (χ0) is 13.9. The summed E-state index contributed by atoms with van der Waals surface area (Å²) >= 11 is 0. The largest absolute Gasteiger partial charge is 0.459 e. The molecule has 0 saturated heterocycles. The van der Waals surface area contributed by atoms with Crippen molar-refractivity contribution < 1.29 is 9.53 Å². The summed E-state index contributed by atoms with van der Waals surface area (Å²) in [6, 6.07) is 0. The first-order valence-electron chi connectivity index (χ1n) is 6.83. The third-order valence-electron chi connectivity index (χ3n) is 4.06. The van der Waals surface area contributed by atoms with E-state index in [1.165, 1.54) is 0 Å². The van der Waals surface area contributed by atoms with Gasteiger partial charge in [0, 0.05) is 5.92 Å². The fourth-order valence-electron chi connectivity index (χ4n) is 2.20. The molecule has 2 heteroatoms. The first-order chi connectivity index (χ1) is 7.60. The number of rotatable bonds is 5. The number of hydrogen-bond donors (Lipinski definition) is 0. The average molecular weight is 242 g/mol. The minimum absolute atomic E-state index is 0.0559. The summed E-state index contributed by atoms with van der Waals surface area (Å²) in [6.45, 7) is 16.8. The number of carbonyl (C=O) groups excluding carboxylic acids is 1. The van der Waals surface area contributed by atoms with Gasteiger partial charge in [-0.05, 0) is 18.3 Å². The van der Waals surface area contributed by atoms with Crippen LogP contribution in [-0.4, -0.2) is 11.6 Å². The van der Waals surface area contributed by atoms with Gasteiger partial charge in [-0.3, -0.25) is 4.79 Å². The van der Waals surface area contributed by atoms with Crippen LogP contribution < -0.4 is 0 Å². The molecule has 1 unspecified atom stereocenters. The van der Waals surface area contributed by atoms with Gasteiger partial charge in [-0.2, -0.15) is 0 Å². The summed E-state index contributed by atoms with van der Waals surface area (Å²) < 4.78 is 5.85. The zero-order valence-corrected chi connectivity index (χ0v) is 12.9. The van der Waals surface area contributed by atoms with Gasteiger partial charge in [-0.25, -0.2) is 0 Å². The van der Waals surface area contributed by atoms with Crippen molar-refractivity contribution in [2.45, 2.75) is 73.8 Å². The Morgan fingerprint density at radius 1 is 1.06 bits per heavy atom. The van der Waals surface area contributed by atoms with E-state index in [1.807, 2.05) is 13.8 Å². The van der Waals surface area contributed by atoms with Gasteiger partial charge in [0.2, 0.25) is 0 Å². The molecule has 0 aliphatic heterocycles. The molecule has 2 nitrogen and oxygen atoms in total. The quantitative estimate of drug-likeness (QED) is 0.667. The SMILES string of the molecule is CCC(CC)(OC(=O)C(C)C)C(C)C(C)(C)C. The van der Waals surface area contributed by atoms with Gasteiger partial charge in [0.15, 0.2) is 0 Å². The summed E-state index contributed by atoms with van der Waals surface area (Å²) in [7, 11) is 0. The topological polar surface area (TPSA) is 26.3 Å². The second-order valence-corrected chi connectivity index (χ2v) is 6.44. The Labute approximate surface area is 107 Å². The van der Waals surface area contributed by atoms with Crippen molar-refractivity contribution in [2.24, 2.45) is 17.3 Å². The molecular formula is C15H30O2. The van der Waals surface area contributed by atoms with Crippen molar-refractivity contribution in [3.63, 3.8) is 0 Å². The molecule has 0 amide bonds. The van der Waals surface area contributed by atoms with Gasteiger partial charge in [0.05, 0.1) is 5.92 Å². The molecule has 0 radical (unpaired) electrons. The Morgan fingerprint density at radius 2 is 1.47 bits per heavy atom. The molecule has 0 aromatic heterocycles. The second-order valence-electron chi connectivity index (χ2n) is 6.44. The molecule has 0 aliphatic rings. The van der Waals surface area contributed by atoms with Crippen molar-refractivity contribution in [1.82, 2.24) is 0 Å². The fraction of sp³-hybridized carbons (Fsp3) is 0.933. The van der Waals surface area contributed by atoms with E-state index in [9.17, 15) is 4.79 Å². The highest BCUT2D eigenvalue weighted by molar-refractivity contribution is 5.72. The van der Waals surface area contributed by atoms with E-state index >= 15 is 0 Å². The summed E-state index contributed by atoms with van der Waals surface area (Å²) in [5, 5.41) is 0. The first kappa shape index (κ1) is 16.5. The molecule has 0 aromatic carbocycles. The maximum Gasteiger partial charge on any atom is 0.308 e. The predicted octanol–water partition coefficient (Wildman–Crippen LogP) is 4.43. The van der Waals surface area contributed by atoms with Gasteiger partial charge in [0.1, 0.15) is 5.60 Å². The van der Waals surface area contributed by atoms with Crippen LogP contribution in [0.4, 0.5) is 0 Å². The summed E-state index contributed by atoms with van der Waals surface area (Å²) in [5.41, 5.74) is -0.178. The minimum atomic E-state index is -0.320. The molecule has 0 N–H and O–H groups in total. The summed E-state index contributed by atoms with van der Waals surface area (Å²) in [5.74, 6) is 0.206. The smallest absolute Gasteiger partial charge is 0.308 e. The molecule has 0 spiro atoms. The van der Waals surface area contributed by atoms with E-state index in [1.54, 1.807) is 0 Å². The second kappa shape index (κ2) is 5.88. The van der Waals surface area contributed by atoms with Crippen LogP contribution in [0.3, 0.4) is 0 Å². The van der Waals surface area contributed by atoms with E-state index in [4.69, 9.17) is 4.74 Å². The Kier molecular flexibility index (Phi) is 5.70. The molecule has 0 heterocycles. The summed E-state index contributed by atoms with van der Waals surface area (Å²) in [4.78, 5) is 11.9. The summed E-state index contributed by atoms with van der Waals surface area (Å²) in [6.07, 6.45) is 1.75. The molecule has 0 fully saturated rings. The predicted molar refractivity (Wildman–Crippen MR) is 72.9 cm³/mol. The van der Waals surface area contributed by atoms with Gasteiger partial charge in [-0.15, -0.1) is 0 Å². The van der Waals surface area contributed by atoms with Gasteiger partial charge in [0.25, 0.3) is 0 Å². The van der Waals surface area contributed by atoms with Crippen LogP contribution in [-0.2, 0) is 9.53 Å². The van der Waals surface area contributed by atoms with Crippen LogP contribution in [0.15, 0.2) is 0 Å². The first-order valence-corrected chi connectivity index (χ1v) is 6.83. The normalized spacial score (nSPS) is 14.9. The Bertz CT molecular complexity index is 244. The number of esters is 1. The van der Waals surface area contributed by atoms with Crippen LogP contribution in [0.5, 0.6) is 0 Å². The Hall–Kier alpha value is -0.530. The van der Waals surface area contributed by atoms with Crippen LogP contribution >= 0.6 is 0 Å². The molecular weight excluding hydrogens is 212 g/mol. The van der Waals surface area contributed by atoms with Crippen LogP contribution in [0, 0.1) is 17.3 Å². The zero-order valence-electron chi connectivity index (χ0n) is 12.9. The maximum atomic E-state index is 11.9. The highest BCUT2D eigenvalue weighted by Gasteiger charge is 2.42. The van der Waals surface area contributed by atoms with Crippen molar-refractivity contribution in [3.8, 4) is 0 Å². The maximum absolute atomic E-state index is 11.9.